The maximum atomic E-state index is 8.47. The molecule has 0 bridgehead atoms. The molecule has 0 saturated heterocycles. The fourth-order valence-corrected chi connectivity index (χ4v) is 2.72. The molecule has 0 spiro atoms. The molecule has 0 unspecified atom stereocenters. The molecular formula is C11H17NO3S2. The molecule has 17 heavy (non-hydrogen) atoms. The van der Waals surface area contributed by atoms with Gasteiger partial charge in [0.05, 0.1) is 33.0 Å². The number of aromatic nitrogens is 1. The largest absolute Gasteiger partial charge is 0.394 e. The minimum absolute atomic E-state index is 0.0660. The van der Waals surface area contributed by atoms with Crippen molar-refractivity contribution in [3.8, 4) is 0 Å². The van der Waals surface area contributed by atoms with Crippen molar-refractivity contribution >= 4 is 21.6 Å². The van der Waals surface area contributed by atoms with Gasteiger partial charge in [-0.25, -0.2) is 4.98 Å². The van der Waals surface area contributed by atoms with Crippen LogP contribution in [0.1, 0.15) is 0 Å². The lowest BCUT2D eigenvalue weighted by molar-refractivity contribution is 0.0378. The number of hydrogen-bond acceptors (Lipinski definition) is 6. The molecule has 0 amide bonds. The fourth-order valence-electron chi connectivity index (χ4n) is 0.978. The Kier molecular flexibility index (Phi) is 9.45. The van der Waals surface area contributed by atoms with Gasteiger partial charge in [0.2, 0.25) is 0 Å². The highest BCUT2D eigenvalue weighted by Crippen LogP contribution is 2.28. The quantitative estimate of drug-likeness (QED) is 0.519. The van der Waals surface area contributed by atoms with Gasteiger partial charge < -0.3 is 14.6 Å². The maximum absolute atomic E-state index is 8.47. The van der Waals surface area contributed by atoms with E-state index in [1.807, 2.05) is 18.2 Å². The van der Waals surface area contributed by atoms with E-state index >= 15 is 0 Å². The molecule has 1 aromatic heterocycles. The predicted molar refractivity (Wildman–Crippen MR) is 71.3 cm³/mol. The fraction of sp³-hybridized carbons (Fsp3) is 0.545. The van der Waals surface area contributed by atoms with Crippen LogP contribution in [0.5, 0.6) is 0 Å². The number of pyridine rings is 1. The minimum atomic E-state index is 0.0660. The van der Waals surface area contributed by atoms with Gasteiger partial charge in [0, 0.05) is 11.9 Å². The third kappa shape index (κ3) is 8.45. The van der Waals surface area contributed by atoms with Crippen LogP contribution in [0, 0.1) is 0 Å². The molecule has 1 aromatic rings. The van der Waals surface area contributed by atoms with E-state index in [2.05, 4.69) is 4.98 Å². The standard InChI is InChI=1S/C11H17NO3S2/c13-5-6-14-7-8-15-9-10-16-17-11-3-1-2-4-12-11/h1-4,13H,5-10H2. The van der Waals surface area contributed by atoms with Crippen LogP contribution in [-0.2, 0) is 9.47 Å². The Balaban J connectivity index is 1.85. The highest BCUT2D eigenvalue weighted by Gasteiger charge is 1.95. The van der Waals surface area contributed by atoms with Crippen molar-refractivity contribution in [1.82, 2.24) is 4.98 Å². The Labute approximate surface area is 110 Å². The molecule has 0 atom stereocenters. The van der Waals surface area contributed by atoms with E-state index in [0.29, 0.717) is 26.4 Å². The molecule has 1 rings (SSSR count). The Hall–Kier alpha value is -0.270. The minimum Gasteiger partial charge on any atom is -0.394 e. The maximum Gasteiger partial charge on any atom is 0.106 e. The van der Waals surface area contributed by atoms with Crippen LogP contribution < -0.4 is 0 Å². The number of ether oxygens (including phenoxy) is 2. The zero-order valence-corrected chi connectivity index (χ0v) is 11.2. The number of nitrogens with zero attached hydrogens (tertiary/aromatic N) is 1. The van der Waals surface area contributed by atoms with E-state index in [0.717, 1.165) is 10.8 Å². The summed E-state index contributed by atoms with van der Waals surface area (Å²) in [4.78, 5) is 4.20. The summed E-state index contributed by atoms with van der Waals surface area (Å²) in [6.07, 6.45) is 1.79. The van der Waals surface area contributed by atoms with Gasteiger partial charge in [-0.3, -0.25) is 0 Å². The van der Waals surface area contributed by atoms with Gasteiger partial charge >= 0.3 is 0 Å². The second-order valence-electron chi connectivity index (χ2n) is 3.02. The third-order valence-corrected chi connectivity index (χ3v) is 3.93. The van der Waals surface area contributed by atoms with E-state index < -0.39 is 0 Å². The smallest absolute Gasteiger partial charge is 0.106 e. The molecule has 0 aliphatic carbocycles. The van der Waals surface area contributed by atoms with Crippen LogP contribution in [0.4, 0.5) is 0 Å². The van der Waals surface area contributed by atoms with Crippen LogP contribution >= 0.6 is 21.6 Å². The first-order valence-corrected chi connectivity index (χ1v) is 7.72. The molecule has 1 heterocycles. The van der Waals surface area contributed by atoms with Crippen molar-refractivity contribution in [1.29, 1.82) is 0 Å². The number of aliphatic hydroxyl groups is 1. The molecule has 0 saturated carbocycles. The van der Waals surface area contributed by atoms with E-state index in [9.17, 15) is 0 Å². The van der Waals surface area contributed by atoms with Crippen LogP contribution in [0.2, 0.25) is 0 Å². The predicted octanol–water partition coefficient (Wildman–Crippen LogP) is 1.85. The van der Waals surface area contributed by atoms with Crippen LogP contribution in [0.25, 0.3) is 0 Å². The molecule has 0 aliphatic rings. The van der Waals surface area contributed by atoms with E-state index in [1.54, 1.807) is 27.8 Å². The summed E-state index contributed by atoms with van der Waals surface area (Å²) in [5, 5.41) is 9.49. The van der Waals surface area contributed by atoms with E-state index in [4.69, 9.17) is 14.6 Å². The first-order chi connectivity index (χ1) is 8.43. The number of rotatable bonds is 10. The second kappa shape index (κ2) is 10.9. The Morgan fingerprint density at radius 1 is 1.12 bits per heavy atom. The highest BCUT2D eigenvalue weighted by molar-refractivity contribution is 8.76. The van der Waals surface area contributed by atoms with Gasteiger partial charge in [0.15, 0.2) is 0 Å². The zero-order chi connectivity index (χ0) is 12.2. The zero-order valence-electron chi connectivity index (χ0n) is 9.58. The molecule has 1 N–H and O–H groups in total. The van der Waals surface area contributed by atoms with Gasteiger partial charge in [-0.15, -0.1) is 0 Å². The average molecular weight is 275 g/mol. The van der Waals surface area contributed by atoms with Crippen molar-refractivity contribution in [3.63, 3.8) is 0 Å². The lowest BCUT2D eigenvalue weighted by atomic mass is 10.5. The molecule has 0 aliphatic heterocycles. The summed E-state index contributed by atoms with van der Waals surface area (Å²) in [6.45, 7) is 2.27. The van der Waals surface area contributed by atoms with Gasteiger partial charge in [-0.2, -0.15) is 0 Å². The summed E-state index contributed by atoms with van der Waals surface area (Å²) in [5.74, 6) is 0.918. The summed E-state index contributed by atoms with van der Waals surface area (Å²) in [6, 6.07) is 5.87. The van der Waals surface area contributed by atoms with Crippen LogP contribution in [0.15, 0.2) is 29.4 Å². The van der Waals surface area contributed by atoms with Crippen molar-refractivity contribution in [2.45, 2.75) is 5.03 Å². The molecule has 96 valence electrons. The van der Waals surface area contributed by atoms with Crippen molar-refractivity contribution in [2.75, 3.05) is 38.8 Å². The summed E-state index contributed by atoms with van der Waals surface area (Å²) in [5.41, 5.74) is 0. The summed E-state index contributed by atoms with van der Waals surface area (Å²) >= 11 is 0. The Morgan fingerprint density at radius 2 is 1.94 bits per heavy atom. The van der Waals surface area contributed by atoms with Gasteiger partial charge in [0.25, 0.3) is 0 Å². The van der Waals surface area contributed by atoms with Crippen LogP contribution in [-0.4, -0.2) is 48.9 Å². The number of aliphatic hydroxyl groups excluding tert-OH is 1. The second-order valence-corrected chi connectivity index (χ2v) is 5.46. The monoisotopic (exact) mass is 275 g/mol. The van der Waals surface area contributed by atoms with Crippen molar-refractivity contribution < 1.29 is 14.6 Å². The molecule has 6 heteroatoms. The van der Waals surface area contributed by atoms with Crippen molar-refractivity contribution in [3.05, 3.63) is 24.4 Å². The summed E-state index contributed by atoms with van der Waals surface area (Å²) < 4.78 is 10.4. The third-order valence-electron chi connectivity index (χ3n) is 1.70. The molecule has 0 fully saturated rings. The first-order valence-electron chi connectivity index (χ1n) is 5.40. The Morgan fingerprint density at radius 3 is 2.65 bits per heavy atom. The Bertz CT molecular complexity index is 275. The van der Waals surface area contributed by atoms with E-state index in [-0.39, 0.29) is 6.61 Å². The lowest BCUT2D eigenvalue weighted by Gasteiger charge is -2.04. The van der Waals surface area contributed by atoms with Crippen LogP contribution in [0.3, 0.4) is 0 Å². The molecule has 4 nitrogen and oxygen atoms in total. The van der Waals surface area contributed by atoms with Crippen molar-refractivity contribution in [2.24, 2.45) is 0 Å². The van der Waals surface area contributed by atoms with Gasteiger partial charge in [-0.1, -0.05) is 16.9 Å². The van der Waals surface area contributed by atoms with Gasteiger partial charge in [-0.05, 0) is 22.9 Å². The molecule has 0 aromatic carbocycles. The number of hydrogen-bond donors (Lipinski definition) is 1. The SMILES string of the molecule is OCCOCCOCCSSc1ccccn1. The van der Waals surface area contributed by atoms with E-state index in [1.165, 1.54) is 0 Å². The first kappa shape index (κ1) is 14.8. The average Bonchev–Trinajstić information content (AvgIpc) is 2.38. The molecular weight excluding hydrogens is 258 g/mol. The molecule has 0 radical (unpaired) electrons. The lowest BCUT2D eigenvalue weighted by Crippen LogP contribution is -2.08. The summed E-state index contributed by atoms with van der Waals surface area (Å²) in [7, 11) is 3.38. The van der Waals surface area contributed by atoms with Gasteiger partial charge in [0.1, 0.15) is 5.03 Å². The highest BCUT2D eigenvalue weighted by atomic mass is 33.1. The topological polar surface area (TPSA) is 51.6 Å². The normalized spacial score (nSPS) is 10.6.